The van der Waals surface area contributed by atoms with Gasteiger partial charge in [0.2, 0.25) is 0 Å². The number of nitrogens with one attached hydrogen (secondary N) is 2. The minimum atomic E-state index is -2.61. The average Bonchev–Trinajstić information content (AvgIpc) is 3.55. The number of likely N-dealkylation sites (tertiary alicyclic amines) is 1. The molecule has 7 heteroatoms. The third kappa shape index (κ3) is 4.56. The fourth-order valence-corrected chi connectivity index (χ4v) is 5.88. The van der Waals surface area contributed by atoms with Crippen molar-refractivity contribution in [1.29, 1.82) is 0 Å². The first kappa shape index (κ1) is 24.7. The van der Waals surface area contributed by atoms with Crippen LogP contribution in [0.3, 0.4) is 0 Å². The lowest BCUT2D eigenvalue weighted by Gasteiger charge is -2.20. The number of pyridine rings is 1. The Balaban J connectivity index is 1.23. The van der Waals surface area contributed by atoms with Gasteiger partial charge in [-0.2, -0.15) is 0 Å². The van der Waals surface area contributed by atoms with Gasteiger partial charge in [0.1, 0.15) is 5.82 Å². The lowest BCUT2D eigenvalue weighted by Crippen LogP contribution is -2.24. The minimum absolute atomic E-state index is 0.0947. The van der Waals surface area contributed by atoms with Gasteiger partial charge in [-0.05, 0) is 53.1 Å². The van der Waals surface area contributed by atoms with Gasteiger partial charge in [-0.1, -0.05) is 42.5 Å². The molecular formula is C33H27F3N4. The first-order chi connectivity index (χ1) is 19.4. The summed E-state index contributed by atoms with van der Waals surface area (Å²) in [6.07, 6.45) is 5.63. The Bertz CT molecular complexity index is 1770. The Morgan fingerprint density at radius 1 is 0.875 bits per heavy atom. The number of nitrogens with zero attached hydrogens (tertiary/aromatic N) is 2. The molecule has 0 saturated carbocycles. The molecule has 2 N–H and O–H groups in total. The Morgan fingerprint density at radius 2 is 1.75 bits per heavy atom. The van der Waals surface area contributed by atoms with E-state index in [1.165, 1.54) is 6.07 Å². The number of H-pyrrole nitrogens is 1. The van der Waals surface area contributed by atoms with Crippen molar-refractivity contribution in [2.75, 3.05) is 25.0 Å². The first-order valence-electron chi connectivity index (χ1n) is 13.4. The minimum Gasteiger partial charge on any atom is -0.381 e. The highest BCUT2D eigenvalue weighted by Gasteiger charge is 2.37. The van der Waals surface area contributed by atoms with Crippen LogP contribution in [0.2, 0.25) is 0 Å². The number of rotatable bonds is 5. The van der Waals surface area contributed by atoms with Crippen LogP contribution in [-0.4, -0.2) is 40.4 Å². The van der Waals surface area contributed by atoms with Crippen molar-refractivity contribution in [3.63, 3.8) is 0 Å². The van der Waals surface area contributed by atoms with Crippen LogP contribution in [0.25, 0.3) is 38.7 Å². The number of alkyl halides is 2. The average molecular weight is 537 g/mol. The number of aromatic amines is 1. The van der Waals surface area contributed by atoms with Gasteiger partial charge in [-0.15, -0.1) is 0 Å². The van der Waals surface area contributed by atoms with Gasteiger partial charge in [0.05, 0.1) is 6.54 Å². The molecule has 1 saturated heterocycles. The zero-order valence-corrected chi connectivity index (χ0v) is 21.7. The summed E-state index contributed by atoms with van der Waals surface area (Å²) in [5, 5.41) is 4.42. The summed E-state index contributed by atoms with van der Waals surface area (Å²) in [5.74, 6) is -2.86. The number of halogens is 3. The Morgan fingerprint density at radius 3 is 2.60 bits per heavy atom. The summed E-state index contributed by atoms with van der Waals surface area (Å²) >= 11 is 0. The molecule has 200 valence electrons. The van der Waals surface area contributed by atoms with E-state index in [4.69, 9.17) is 0 Å². The SMILES string of the molecule is Fc1ccccc1-c1cccc2[nH]c(C3=CCNc4ccc(-c5cncc(CN6CCC(F)(F)C6)c5)cc43)cc12. The number of benzene rings is 3. The van der Waals surface area contributed by atoms with E-state index < -0.39 is 5.92 Å². The number of hydrogen-bond acceptors (Lipinski definition) is 3. The van der Waals surface area contributed by atoms with Gasteiger partial charge in [-0.25, -0.2) is 13.2 Å². The standard InChI is InChI=1S/C33H27F3N4/c34-29-6-2-1-4-25(29)24-5-3-7-31-28(24)16-32(39-31)26-10-12-38-30-9-8-22(15-27(26)30)23-14-21(17-37-18-23)19-40-13-11-33(35,36)20-40/h1-10,14-18,38-39H,11-13,19-20H2. The van der Waals surface area contributed by atoms with E-state index in [-0.39, 0.29) is 18.8 Å². The van der Waals surface area contributed by atoms with E-state index in [0.717, 1.165) is 55.7 Å². The highest BCUT2D eigenvalue weighted by Crippen LogP contribution is 2.38. The molecular weight excluding hydrogens is 509 g/mol. The van der Waals surface area contributed by atoms with Gasteiger partial charge in [-0.3, -0.25) is 9.88 Å². The number of hydrogen-bond donors (Lipinski definition) is 2. The first-order valence-corrected chi connectivity index (χ1v) is 13.4. The van der Waals surface area contributed by atoms with Crippen molar-refractivity contribution in [3.8, 4) is 22.3 Å². The molecule has 1 fully saturated rings. The Labute approximate surface area is 230 Å². The normalized spacial score (nSPS) is 16.5. The summed E-state index contributed by atoms with van der Waals surface area (Å²) < 4.78 is 42.0. The summed E-state index contributed by atoms with van der Waals surface area (Å²) in [6.45, 7) is 1.32. The van der Waals surface area contributed by atoms with E-state index in [9.17, 15) is 13.2 Å². The second-order valence-corrected chi connectivity index (χ2v) is 10.6. The summed E-state index contributed by atoms with van der Waals surface area (Å²) in [6, 6.07) is 23.1. The molecule has 40 heavy (non-hydrogen) atoms. The molecule has 0 aliphatic carbocycles. The van der Waals surface area contributed by atoms with Crippen LogP contribution >= 0.6 is 0 Å². The maximum absolute atomic E-state index is 14.7. The lowest BCUT2D eigenvalue weighted by molar-refractivity contribution is 0.0115. The number of aromatic nitrogens is 2. The van der Waals surface area contributed by atoms with Crippen LogP contribution in [0.1, 0.15) is 23.2 Å². The second kappa shape index (κ2) is 9.68. The molecule has 0 spiro atoms. The second-order valence-electron chi connectivity index (χ2n) is 10.6. The molecule has 0 amide bonds. The fraction of sp³-hybridized carbons (Fsp3) is 0.182. The molecule has 0 bridgehead atoms. The number of anilines is 1. The van der Waals surface area contributed by atoms with Crippen molar-refractivity contribution in [2.45, 2.75) is 18.9 Å². The van der Waals surface area contributed by atoms with Crippen molar-refractivity contribution >= 4 is 22.2 Å². The molecule has 7 rings (SSSR count). The van der Waals surface area contributed by atoms with Gasteiger partial charge in [0.25, 0.3) is 5.92 Å². The maximum atomic E-state index is 14.7. The van der Waals surface area contributed by atoms with E-state index in [0.29, 0.717) is 25.2 Å². The Kier molecular flexibility index (Phi) is 5.97. The zero-order chi connectivity index (χ0) is 27.3. The fourth-order valence-electron chi connectivity index (χ4n) is 5.88. The highest BCUT2D eigenvalue weighted by atomic mass is 19.3. The molecule has 0 unspecified atom stereocenters. The Hall–Kier alpha value is -4.36. The third-order valence-electron chi connectivity index (χ3n) is 7.81. The highest BCUT2D eigenvalue weighted by molar-refractivity contribution is 6.00. The predicted octanol–water partition coefficient (Wildman–Crippen LogP) is 7.73. The quantitative estimate of drug-likeness (QED) is 0.242. The zero-order valence-electron chi connectivity index (χ0n) is 21.7. The topological polar surface area (TPSA) is 44.0 Å². The third-order valence-corrected chi connectivity index (χ3v) is 7.81. The molecule has 2 aliphatic rings. The molecule has 2 aliphatic heterocycles. The van der Waals surface area contributed by atoms with Crippen LogP contribution in [-0.2, 0) is 6.54 Å². The van der Waals surface area contributed by atoms with E-state index in [1.807, 2.05) is 36.5 Å². The predicted molar refractivity (Wildman–Crippen MR) is 154 cm³/mol. The maximum Gasteiger partial charge on any atom is 0.261 e. The lowest BCUT2D eigenvalue weighted by atomic mass is 9.93. The largest absolute Gasteiger partial charge is 0.381 e. The van der Waals surface area contributed by atoms with Crippen molar-refractivity contribution in [2.24, 2.45) is 0 Å². The number of fused-ring (bicyclic) bond motifs is 2. The summed E-state index contributed by atoms with van der Waals surface area (Å²) in [7, 11) is 0. The van der Waals surface area contributed by atoms with Crippen LogP contribution in [0, 0.1) is 5.82 Å². The smallest absolute Gasteiger partial charge is 0.261 e. The van der Waals surface area contributed by atoms with Crippen molar-refractivity contribution < 1.29 is 13.2 Å². The summed E-state index contributed by atoms with van der Waals surface area (Å²) in [4.78, 5) is 9.76. The van der Waals surface area contributed by atoms with Gasteiger partial charge < -0.3 is 10.3 Å². The van der Waals surface area contributed by atoms with Gasteiger partial charge in [0, 0.05) is 83.0 Å². The van der Waals surface area contributed by atoms with Crippen molar-refractivity contribution in [3.05, 3.63) is 114 Å². The van der Waals surface area contributed by atoms with Crippen LogP contribution < -0.4 is 5.32 Å². The van der Waals surface area contributed by atoms with Crippen LogP contribution in [0.4, 0.5) is 18.9 Å². The van der Waals surface area contributed by atoms with E-state index >= 15 is 0 Å². The molecule has 0 radical (unpaired) electrons. The van der Waals surface area contributed by atoms with E-state index in [2.05, 4.69) is 45.6 Å². The molecule has 5 aromatic rings. The molecule has 2 aromatic heterocycles. The van der Waals surface area contributed by atoms with Gasteiger partial charge >= 0.3 is 0 Å². The van der Waals surface area contributed by atoms with E-state index in [1.54, 1.807) is 23.2 Å². The molecule has 0 atom stereocenters. The monoisotopic (exact) mass is 536 g/mol. The van der Waals surface area contributed by atoms with Crippen LogP contribution in [0.5, 0.6) is 0 Å². The molecule has 4 heterocycles. The summed E-state index contributed by atoms with van der Waals surface area (Å²) in [5.41, 5.74) is 9.31. The molecule has 3 aromatic carbocycles. The van der Waals surface area contributed by atoms with Gasteiger partial charge in [0.15, 0.2) is 0 Å². The molecule has 4 nitrogen and oxygen atoms in total. The van der Waals surface area contributed by atoms with Crippen LogP contribution in [0.15, 0.2) is 91.3 Å². The van der Waals surface area contributed by atoms with Crippen molar-refractivity contribution in [1.82, 2.24) is 14.9 Å².